The van der Waals surface area contributed by atoms with E-state index in [-0.39, 0.29) is 23.3 Å². The Bertz CT molecular complexity index is 1190. The van der Waals surface area contributed by atoms with Gasteiger partial charge in [0, 0.05) is 29.8 Å². The molecule has 2 aromatic heterocycles. The molecule has 164 valence electrons. The van der Waals surface area contributed by atoms with Crippen LogP contribution in [0.5, 0.6) is 0 Å². The van der Waals surface area contributed by atoms with E-state index in [1.54, 1.807) is 6.07 Å². The molecule has 0 aliphatic rings. The molecule has 0 aliphatic heterocycles. The molecule has 3 amide bonds. The standard InChI is InChI=1S/C22H27N5O4/c1-12(27(21(30)31)22(3,4)5)11-26-17-9-7-6-8-14(17)15-10-16(18(23)29)19(24-13(2)28)25-20(15)26/h6-10,12H,11H2,1-5H3,(H2,23,29)(H,30,31)(H,24,25,28)/t12-/m0/s1. The summed E-state index contributed by atoms with van der Waals surface area (Å²) in [6.07, 6.45) is -1.01. The summed E-state index contributed by atoms with van der Waals surface area (Å²) < 4.78 is 1.91. The highest BCUT2D eigenvalue weighted by molar-refractivity contribution is 6.11. The van der Waals surface area contributed by atoms with Crippen LogP contribution in [0.25, 0.3) is 21.9 Å². The number of carbonyl (C=O) groups is 3. The van der Waals surface area contributed by atoms with E-state index in [4.69, 9.17) is 5.73 Å². The number of fused-ring (bicyclic) bond motifs is 3. The van der Waals surface area contributed by atoms with Crippen molar-refractivity contribution in [3.8, 4) is 0 Å². The van der Waals surface area contributed by atoms with Gasteiger partial charge in [-0.2, -0.15) is 0 Å². The number of nitrogens with one attached hydrogen (secondary N) is 1. The number of nitrogens with zero attached hydrogens (tertiary/aromatic N) is 3. The van der Waals surface area contributed by atoms with E-state index in [1.165, 1.54) is 11.8 Å². The minimum Gasteiger partial charge on any atom is -0.465 e. The van der Waals surface area contributed by atoms with Gasteiger partial charge in [0.25, 0.3) is 5.91 Å². The number of aromatic nitrogens is 2. The topological polar surface area (TPSA) is 131 Å². The lowest BCUT2D eigenvalue weighted by Crippen LogP contribution is -2.51. The van der Waals surface area contributed by atoms with E-state index in [2.05, 4.69) is 10.3 Å². The van der Waals surface area contributed by atoms with Gasteiger partial charge in [-0.25, -0.2) is 9.78 Å². The molecule has 0 saturated carbocycles. The van der Waals surface area contributed by atoms with Crippen LogP contribution in [0.2, 0.25) is 0 Å². The Hall–Kier alpha value is -3.62. The number of carbonyl (C=O) groups excluding carboxylic acids is 2. The molecule has 9 nitrogen and oxygen atoms in total. The fourth-order valence-corrected chi connectivity index (χ4v) is 4.08. The third-order valence-electron chi connectivity index (χ3n) is 5.12. The fraction of sp³-hybridized carbons (Fsp3) is 0.364. The maximum Gasteiger partial charge on any atom is 0.408 e. The van der Waals surface area contributed by atoms with E-state index in [0.29, 0.717) is 17.6 Å². The highest BCUT2D eigenvalue weighted by Crippen LogP contribution is 2.32. The van der Waals surface area contributed by atoms with Crippen molar-refractivity contribution in [2.45, 2.75) is 52.7 Å². The minimum absolute atomic E-state index is 0.0788. The van der Waals surface area contributed by atoms with Crippen molar-refractivity contribution >= 4 is 45.7 Å². The first-order chi connectivity index (χ1) is 14.4. The molecule has 0 unspecified atom stereocenters. The van der Waals surface area contributed by atoms with E-state index in [1.807, 2.05) is 56.5 Å². The quantitative estimate of drug-likeness (QED) is 0.576. The number of pyridine rings is 1. The molecule has 31 heavy (non-hydrogen) atoms. The van der Waals surface area contributed by atoms with Crippen LogP contribution < -0.4 is 11.1 Å². The number of nitrogens with two attached hydrogens (primary N) is 1. The summed E-state index contributed by atoms with van der Waals surface area (Å²) in [6.45, 7) is 9.02. The van der Waals surface area contributed by atoms with Crippen molar-refractivity contribution < 1.29 is 19.5 Å². The number of para-hydroxylation sites is 1. The van der Waals surface area contributed by atoms with Gasteiger partial charge >= 0.3 is 6.09 Å². The molecular formula is C22H27N5O4. The van der Waals surface area contributed by atoms with Gasteiger partial charge in [0.05, 0.1) is 17.1 Å². The summed E-state index contributed by atoms with van der Waals surface area (Å²) in [5, 5.41) is 13.9. The monoisotopic (exact) mass is 425 g/mol. The summed E-state index contributed by atoms with van der Waals surface area (Å²) in [7, 11) is 0. The van der Waals surface area contributed by atoms with Crippen molar-refractivity contribution in [2.75, 3.05) is 5.32 Å². The predicted molar refractivity (Wildman–Crippen MR) is 119 cm³/mol. The third-order valence-corrected chi connectivity index (χ3v) is 5.12. The fourth-order valence-electron chi connectivity index (χ4n) is 4.08. The van der Waals surface area contributed by atoms with Crippen LogP contribution >= 0.6 is 0 Å². The number of hydrogen-bond donors (Lipinski definition) is 3. The van der Waals surface area contributed by atoms with Gasteiger partial charge in [0.2, 0.25) is 5.91 Å². The Labute approximate surface area is 179 Å². The molecule has 0 saturated heterocycles. The molecule has 3 aromatic rings. The van der Waals surface area contributed by atoms with Gasteiger partial charge in [0.15, 0.2) is 0 Å². The van der Waals surface area contributed by atoms with Gasteiger partial charge in [-0.15, -0.1) is 0 Å². The zero-order valence-electron chi connectivity index (χ0n) is 18.3. The number of primary amides is 1. The van der Waals surface area contributed by atoms with Crippen LogP contribution in [0.4, 0.5) is 10.6 Å². The van der Waals surface area contributed by atoms with Gasteiger partial charge in [-0.1, -0.05) is 18.2 Å². The maximum atomic E-state index is 12.0. The summed E-state index contributed by atoms with van der Waals surface area (Å²) >= 11 is 0. The highest BCUT2D eigenvalue weighted by Gasteiger charge is 2.31. The largest absolute Gasteiger partial charge is 0.465 e. The molecule has 0 aliphatic carbocycles. The number of benzene rings is 1. The zero-order valence-corrected chi connectivity index (χ0v) is 18.3. The SMILES string of the molecule is CC(=O)Nc1nc2c(cc1C(N)=O)c1ccccc1n2C[C@H](C)N(C(=O)O)C(C)(C)C. The van der Waals surface area contributed by atoms with Crippen molar-refractivity contribution in [3.63, 3.8) is 0 Å². The lowest BCUT2D eigenvalue weighted by molar-refractivity contribution is -0.114. The second-order valence-corrected chi connectivity index (χ2v) is 8.60. The van der Waals surface area contributed by atoms with Crippen LogP contribution in [0.3, 0.4) is 0 Å². The molecule has 1 atom stereocenters. The van der Waals surface area contributed by atoms with Gasteiger partial charge < -0.3 is 20.7 Å². The molecule has 3 rings (SSSR count). The Balaban J connectivity index is 2.25. The predicted octanol–water partition coefficient (Wildman–Crippen LogP) is 3.41. The van der Waals surface area contributed by atoms with Crippen LogP contribution in [-0.2, 0) is 11.3 Å². The van der Waals surface area contributed by atoms with Gasteiger partial charge in [0.1, 0.15) is 11.5 Å². The van der Waals surface area contributed by atoms with Crippen molar-refractivity contribution in [1.29, 1.82) is 0 Å². The Morgan fingerprint density at radius 3 is 2.42 bits per heavy atom. The molecule has 0 fully saturated rings. The van der Waals surface area contributed by atoms with Crippen LogP contribution in [0, 0.1) is 0 Å². The van der Waals surface area contributed by atoms with E-state index >= 15 is 0 Å². The normalized spacial score (nSPS) is 12.7. The van der Waals surface area contributed by atoms with Crippen molar-refractivity contribution in [1.82, 2.24) is 14.5 Å². The van der Waals surface area contributed by atoms with Crippen LogP contribution in [-0.4, -0.2) is 49.0 Å². The number of anilines is 1. The first-order valence-corrected chi connectivity index (χ1v) is 9.93. The molecule has 9 heteroatoms. The highest BCUT2D eigenvalue weighted by atomic mass is 16.4. The summed E-state index contributed by atoms with van der Waals surface area (Å²) in [4.78, 5) is 41.5. The number of rotatable bonds is 5. The van der Waals surface area contributed by atoms with E-state index in [9.17, 15) is 19.5 Å². The number of hydrogen-bond acceptors (Lipinski definition) is 4. The summed E-state index contributed by atoms with van der Waals surface area (Å²) in [6, 6.07) is 8.82. The van der Waals surface area contributed by atoms with Crippen molar-refractivity contribution in [2.24, 2.45) is 5.73 Å². The molecular weight excluding hydrogens is 398 g/mol. The van der Waals surface area contributed by atoms with Gasteiger partial charge in [-0.3, -0.25) is 14.5 Å². The number of carboxylic acid groups (broad SMARTS) is 1. The summed E-state index contributed by atoms with van der Waals surface area (Å²) in [5.41, 5.74) is 6.41. The molecule has 0 bridgehead atoms. The third kappa shape index (κ3) is 4.16. The molecule has 0 spiro atoms. The molecule has 1 aromatic carbocycles. The first kappa shape index (κ1) is 22.1. The maximum absolute atomic E-state index is 12.0. The first-order valence-electron chi connectivity index (χ1n) is 9.93. The average Bonchev–Trinajstić information content (AvgIpc) is 2.92. The van der Waals surface area contributed by atoms with E-state index in [0.717, 1.165) is 10.9 Å². The lowest BCUT2D eigenvalue weighted by atomic mass is 10.0. The summed E-state index contributed by atoms with van der Waals surface area (Å²) in [5.74, 6) is -1.00. The number of amides is 3. The Morgan fingerprint density at radius 1 is 1.23 bits per heavy atom. The lowest BCUT2D eigenvalue weighted by Gasteiger charge is -2.38. The molecule has 0 radical (unpaired) electrons. The smallest absolute Gasteiger partial charge is 0.408 e. The van der Waals surface area contributed by atoms with Crippen LogP contribution in [0.15, 0.2) is 30.3 Å². The van der Waals surface area contributed by atoms with Gasteiger partial charge in [-0.05, 0) is 39.8 Å². The van der Waals surface area contributed by atoms with Crippen molar-refractivity contribution in [3.05, 3.63) is 35.9 Å². The van der Waals surface area contributed by atoms with Crippen LogP contribution in [0.1, 0.15) is 45.0 Å². The zero-order chi connectivity index (χ0) is 23.1. The second-order valence-electron chi connectivity index (χ2n) is 8.60. The Kier molecular flexibility index (Phi) is 5.62. The Morgan fingerprint density at radius 2 is 1.87 bits per heavy atom. The minimum atomic E-state index is -1.01. The average molecular weight is 425 g/mol. The van der Waals surface area contributed by atoms with E-state index < -0.39 is 17.5 Å². The second kappa shape index (κ2) is 7.90. The molecule has 2 heterocycles. The molecule has 4 N–H and O–H groups in total.